The molecule has 0 spiro atoms. The van der Waals surface area contributed by atoms with Crippen LogP contribution in [0.3, 0.4) is 0 Å². The maximum Gasteiger partial charge on any atom is 0.271 e. The quantitative estimate of drug-likeness (QED) is 0.470. The Hall–Kier alpha value is -2.78. The molecule has 0 atom stereocenters. The van der Waals surface area contributed by atoms with Crippen LogP contribution >= 0.6 is 15.9 Å². The van der Waals surface area contributed by atoms with Crippen molar-refractivity contribution in [3.05, 3.63) is 58.1 Å². The van der Waals surface area contributed by atoms with E-state index in [2.05, 4.69) is 32.4 Å². The van der Waals surface area contributed by atoms with Crippen LogP contribution in [-0.4, -0.2) is 25.8 Å². The van der Waals surface area contributed by atoms with Crippen LogP contribution in [0.25, 0.3) is 0 Å². The van der Waals surface area contributed by atoms with Crippen molar-refractivity contribution in [2.75, 3.05) is 13.7 Å². The molecule has 6 heteroatoms. The molecule has 0 saturated carbocycles. The summed E-state index contributed by atoms with van der Waals surface area (Å²) in [6.45, 7) is 0.153. The first-order valence-electron chi connectivity index (χ1n) is 6.97. The number of carbonyl (C=O) groups is 1. The summed E-state index contributed by atoms with van der Waals surface area (Å²) in [6, 6.07) is 12.1. The average Bonchev–Trinajstić information content (AvgIpc) is 2.61. The number of amides is 1. The fourth-order valence-corrected chi connectivity index (χ4v) is 2.22. The van der Waals surface area contributed by atoms with Gasteiger partial charge in [-0.2, -0.15) is 5.10 Å². The Kier molecular flexibility index (Phi) is 6.41. The number of hydrogen-bond acceptors (Lipinski definition) is 4. The highest BCUT2D eigenvalue weighted by Crippen LogP contribution is 2.21. The molecule has 1 N–H and O–H groups in total. The second-order valence-electron chi connectivity index (χ2n) is 4.60. The number of ether oxygens (including phenoxy) is 2. The van der Waals surface area contributed by atoms with E-state index in [0.29, 0.717) is 22.6 Å². The molecule has 1 amide bonds. The van der Waals surface area contributed by atoms with Crippen LogP contribution in [0.4, 0.5) is 0 Å². The minimum atomic E-state index is -0.324. The second kappa shape index (κ2) is 8.75. The topological polar surface area (TPSA) is 59.9 Å². The van der Waals surface area contributed by atoms with E-state index in [1.807, 2.05) is 12.1 Å². The molecule has 0 heterocycles. The zero-order valence-electron chi connectivity index (χ0n) is 13.0. The molecular weight excluding hydrogens is 372 g/mol. The zero-order chi connectivity index (χ0) is 17.4. The second-order valence-corrected chi connectivity index (χ2v) is 5.52. The Morgan fingerprint density at radius 1 is 1.33 bits per heavy atom. The summed E-state index contributed by atoms with van der Waals surface area (Å²) in [6.07, 6.45) is 6.70. The summed E-state index contributed by atoms with van der Waals surface area (Å²) >= 11 is 3.38. The number of halogens is 1. The number of terminal acetylenes is 1. The van der Waals surface area contributed by atoms with Crippen LogP contribution in [-0.2, 0) is 0 Å². The number of nitrogens with one attached hydrogen (secondary N) is 1. The van der Waals surface area contributed by atoms with Crippen LogP contribution in [0.15, 0.2) is 52.0 Å². The predicted octanol–water partition coefficient (Wildman–Crippen LogP) is 3.23. The molecule has 0 aromatic heterocycles. The molecule has 0 unspecified atom stereocenters. The molecule has 0 bridgehead atoms. The van der Waals surface area contributed by atoms with Gasteiger partial charge >= 0.3 is 0 Å². The van der Waals surface area contributed by atoms with Crippen LogP contribution in [0.5, 0.6) is 11.5 Å². The van der Waals surface area contributed by atoms with Gasteiger partial charge in [0.15, 0.2) is 0 Å². The first-order chi connectivity index (χ1) is 11.6. The van der Waals surface area contributed by atoms with Crippen molar-refractivity contribution < 1.29 is 14.3 Å². The predicted molar refractivity (Wildman–Crippen MR) is 96.5 cm³/mol. The van der Waals surface area contributed by atoms with Gasteiger partial charge < -0.3 is 9.47 Å². The third-order valence-corrected chi connectivity index (χ3v) is 3.50. The Morgan fingerprint density at radius 3 is 2.75 bits per heavy atom. The van der Waals surface area contributed by atoms with Crippen LogP contribution in [0.2, 0.25) is 0 Å². The number of benzene rings is 2. The molecule has 5 nitrogen and oxygen atoms in total. The van der Waals surface area contributed by atoms with Gasteiger partial charge in [0.2, 0.25) is 0 Å². The molecule has 2 aromatic rings. The lowest BCUT2D eigenvalue weighted by Crippen LogP contribution is -2.17. The average molecular weight is 387 g/mol. The van der Waals surface area contributed by atoms with Crippen molar-refractivity contribution in [2.45, 2.75) is 0 Å². The smallest absolute Gasteiger partial charge is 0.271 e. The third kappa shape index (κ3) is 4.86. The Bertz CT molecular complexity index is 780. The van der Waals surface area contributed by atoms with E-state index in [1.165, 1.54) is 6.21 Å². The Morgan fingerprint density at radius 2 is 2.08 bits per heavy atom. The lowest BCUT2D eigenvalue weighted by Gasteiger charge is -2.07. The zero-order valence-corrected chi connectivity index (χ0v) is 14.5. The van der Waals surface area contributed by atoms with Gasteiger partial charge in [-0.3, -0.25) is 4.79 Å². The minimum absolute atomic E-state index is 0.153. The number of hydrogen-bond donors (Lipinski definition) is 1. The minimum Gasteiger partial charge on any atom is -0.497 e. The van der Waals surface area contributed by atoms with Crippen molar-refractivity contribution in [1.82, 2.24) is 5.43 Å². The lowest BCUT2D eigenvalue weighted by molar-refractivity contribution is 0.0955. The highest BCUT2D eigenvalue weighted by atomic mass is 79.9. The van der Waals surface area contributed by atoms with Gasteiger partial charge in [-0.05, 0) is 42.5 Å². The molecule has 2 rings (SSSR count). The van der Waals surface area contributed by atoms with Crippen molar-refractivity contribution >= 4 is 28.1 Å². The van der Waals surface area contributed by atoms with E-state index in [1.54, 1.807) is 37.4 Å². The highest BCUT2D eigenvalue weighted by molar-refractivity contribution is 9.10. The van der Waals surface area contributed by atoms with E-state index < -0.39 is 0 Å². The molecule has 0 saturated heterocycles. The van der Waals surface area contributed by atoms with E-state index in [0.717, 1.165) is 4.47 Å². The molecular formula is C18H15BrN2O3. The van der Waals surface area contributed by atoms with Gasteiger partial charge in [0, 0.05) is 15.6 Å². The van der Waals surface area contributed by atoms with Crippen LogP contribution in [0, 0.1) is 12.3 Å². The third-order valence-electron chi connectivity index (χ3n) is 3.00. The molecule has 0 aliphatic rings. The molecule has 122 valence electrons. The lowest BCUT2D eigenvalue weighted by atomic mass is 10.2. The Balaban J connectivity index is 2.06. The van der Waals surface area contributed by atoms with Gasteiger partial charge in [-0.25, -0.2) is 5.43 Å². The summed E-state index contributed by atoms with van der Waals surface area (Å²) in [4.78, 5) is 12.0. The standard InChI is InChI=1S/C18H15BrN2O3/c1-3-10-24-17-9-6-15(19)11-14(17)12-20-21-18(22)13-4-7-16(23-2)8-5-13/h1,4-9,11-12H,10H2,2H3,(H,21,22)/b20-12-. The van der Waals surface area contributed by atoms with Gasteiger partial charge in [-0.15, -0.1) is 6.42 Å². The summed E-state index contributed by atoms with van der Waals surface area (Å²) in [5.41, 5.74) is 3.63. The number of rotatable bonds is 6. The van der Waals surface area contributed by atoms with E-state index >= 15 is 0 Å². The molecule has 2 aromatic carbocycles. The monoisotopic (exact) mass is 386 g/mol. The van der Waals surface area contributed by atoms with Gasteiger partial charge in [0.05, 0.1) is 13.3 Å². The first-order valence-corrected chi connectivity index (χ1v) is 7.76. The summed E-state index contributed by atoms with van der Waals surface area (Å²) in [7, 11) is 1.57. The molecule has 0 aliphatic heterocycles. The van der Waals surface area contributed by atoms with Crippen molar-refractivity contribution in [3.8, 4) is 23.8 Å². The molecule has 0 radical (unpaired) electrons. The number of hydrazone groups is 1. The van der Waals surface area contributed by atoms with Crippen molar-refractivity contribution in [3.63, 3.8) is 0 Å². The number of nitrogens with zero attached hydrogens (tertiary/aromatic N) is 1. The summed E-state index contributed by atoms with van der Waals surface area (Å²) < 4.78 is 11.3. The van der Waals surface area contributed by atoms with Crippen molar-refractivity contribution in [1.29, 1.82) is 0 Å². The molecule has 0 aliphatic carbocycles. The fraction of sp³-hybridized carbons (Fsp3) is 0.111. The van der Waals surface area contributed by atoms with Gasteiger partial charge in [0.1, 0.15) is 18.1 Å². The van der Waals surface area contributed by atoms with Crippen LogP contribution < -0.4 is 14.9 Å². The maximum atomic E-state index is 12.0. The molecule has 24 heavy (non-hydrogen) atoms. The maximum absolute atomic E-state index is 12.0. The Labute approximate surface area is 148 Å². The normalized spacial score (nSPS) is 10.2. The number of methoxy groups -OCH3 is 1. The number of carbonyl (C=O) groups excluding carboxylic acids is 1. The SMILES string of the molecule is C#CCOc1ccc(Br)cc1/C=N\NC(=O)c1ccc(OC)cc1. The largest absolute Gasteiger partial charge is 0.497 e. The first kappa shape index (κ1) is 17.6. The van der Waals surface area contributed by atoms with E-state index in [4.69, 9.17) is 15.9 Å². The van der Waals surface area contributed by atoms with Crippen LogP contribution in [0.1, 0.15) is 15.9 Å². The van der Waals surface area contributed by atoms with Gasteiger partial charge in [0.25, 0.3) is 5.91 Å². The molecule has 0 fully saturated rings. The van der Waals surface area contributed by atoms with Crippen molar-refractivity contribution in [2.24, 2.45) is 5.10 Å². The van der Waals surface area contributed by atoms with E-state index in [-0.39, 0.29) is 12.5 Å². The fourth-order valence-electron chi connectivity index (χ4n) is 1.84. The highest BCUT2D eigenvalue weighted by Gasteiger charge is 2.05. The van der Waals surface area contributed by atoms with E-state index in [9.17, 15) is 4.79 Å². The summed E-state index contributed by atoms with van der Waals surface area (Å²) in [5.74, 6) is 3.34. The van der Waals surface area contributed by atoms with Gasteiger partial charge in [-0.1, -0.05) is 21.9 Å². The summed E-state index contributed by atoms with van der Waals surface area (Å²) in [5, 5.41) is 3.96.